The molecule has 1 amide bonds. The van der Waals surface area contributed by atoms with Crippen molar-refractivity contribution >= 4 is 17.7 Å². The van der Waals surface area contributed by atoms with Crippen molar-refractivity contribution in [2.24, 2.45) is 5.92 Å². The fourth-order valence-corrected chi connectivity index (χ4v) is 2.65. The summed E-state index contributed by atoms with van der Waals surface area (Å²) in [5, 5.41) is 12.3. The number of thioether (sulfide) groups is 1. The van der Waals surface area contributed by atoms with E-state index in [0.717, 1.165) is 12.1 Å². The highest BCUT2D eigenvalue weighted by molar-refractivity contribution is 7.99. The molecule has 0 bridgehead atoms. The Balaban J connectivity index is 2.22. The summed E-state index contributed by atoms with van der Waals surface area (Å²) in [7, 11) is 0. The predicted octanol–water partition coefficient (Wildman–Crippen LogP) is 2.97. The van der Waals surface area contributed by atoms with Crippen LogP contribution in [-0.2, 0) is 4.79 Å². The van der Waals surface area contributed by atoms with Gasteiger partial charge in [0, 0.05) is 23.6 Å². The summed E-state index contributed by atoms with van der Waals surface area (Å²) in [5.74, 6) is -1.08. The van der Waals surface area contributed by atoms with Crippen molar-refractivity contribution in [2.75, 3.05) is 12.3 Å². The summed E-state index contributed by atoms with van der Waals surface area (Å²) >= 11 is 1.29. The number of rotatable bonds is 8. The second-order valence-electron chi connectivity index (χ2n) is 5.26. The van der Waals surface area contributed by atoms with Gasteiger partial charge >= 0.3 is 0 Å². The molecular formula is C15H21F2NO2S. The van der Waals surface area contributed by atoms with E-state index >= 15 is 0 Å². The lowest BCUT2D eigenvalue weighted by Gasteiger charge is -2.13. The van der Waals surface area contributed by atoms with E-state index in [1.807, 2.05) is 13.8 Å². The lowest BCUT2D eigenvalue weighted by atomic mass is 10.1. The van der Waals surface area contributed by atoms with Gasteiger partial charge in [0.2, 0.25) is 5.91 Å². The molecule has 0 aliphatic heterocycles. The van der Waals surface area contributed by atoms with Crippen LogP contribution in [-0.4, -0.2) is 29.4 Å². The molecule has 0 aromatic heterocycles. The number of nitrogens with one attached hydrogen (secondary N) is 1. The summed E-state index contributed by atoms with van der Waals surface area (Å²) in [6, 6.07) is 3.66. The largest absolute Gasteiger partial charge is 0.391 e. The Hall–Kier alpha value is -1.14. The first-order valence-corrected chi connectivity index (χ1v) is 7.89. The molecule has 0 fully saturated rings. The SMILES string of the molecule is CC(C)CC(O)CNC(=O)CCSc1ccc(F)c(F)c1. The third kappa shape index (κ3) is 7.43. The van der Waals surface area contributed by atoms with Gasteiger partial charge in [-0.1, -0.05) is 13.8 Å². The average molecular weight is 317 g/mol. The average Bonchev–Trinajstić information content (AvgIpc) is 2.40. The van der Waals surface area contributed by atoms with Crippen molar-refractivity contribution in [1.82, 2.24) is 5.32 Å². The molecule has 0 saturated carbocycles. The highest BCUT2D eigenvalue weighted by atomic mass is 32.2. The van der Waals surface area contributed by atoms with Crippen LogP contribution in [0.15, 0.2) is 23.1 Å². The molecule has 118 valence electrons. The number of aliphatic hydroxyl groups excluding tert-OH is 1. The van der Waals surface area contributed by atoms with Crippen LogP contribution >= 0.6 is 11.8 Å². The molecule has 21 heavy (non-hydrogen) atoms. The third-order valence-corrected chi connectivity index (χ3v) is 3.76. The van der Waals surface area contributed by atoms with Gasteiger partial charge in [0.15, 0.2) is 11.6 Å². The van der Waals surface area contributed by atoms with Crippen molar-refractivity contribution in [2.45, 2.75) is 37.7 Å². The first-order valence-electron chi connectivity index (χ1n) is 6.91. The number of hydrogen-bond donors (Lipinski definition) is 2. The molecule has 3 nitrogen and oxygen atoms in total. The topological polar surface area (TPSA) is 49.3 Å². The Labute approximate surface area is 128 Å². The van der Waals surface area contributed by atoms with E-state index in [9.17, 15) is 18.7 Å². The zero-order chi connectivity index (χ0) is 15.8. The number of benzene rings is 1. The third-order valence-electron chi connectivity index (χ3n) is 2.77. The number of halogens is 2. The zero-order valence-corrected chi connectivity index (χ0v) is 13.1. The fourth-order valence-electron chi connectivity index (χ4n) is 1.78. The fraction of sp³-hybridized carbons (Fsp3) is 0.533. The molecule has 1 atom stereocenters. The lowest BCUT2D eigenvalue weighted by molar-refractivity contribution is -0.121. The van der Waals surface area contributed by atoms with Gasteiger partial charge < -0.3 is 10.4 Å². The van der Waals surface area contributed by atoms with Crippen molar-refractivity contribution in [3.8, 4) is 0 Å². The summed E-state index contributed by atoms with van der Waals surface area (Å²) in [6.07, 6.45) is 0.370. The molecule has 0 saturated heterocycles. The van der Waals surface area contributed by atoms with Gasteiger partial charge in [-0.15, -0.1) is 11.8 Å². The van der Waals surface area contributed by atoms with Gasteiger partial charge in [0.25, 0.3) is 0 Å². The number of amides is 1. The second-order valence-corrected chi connectivity index (χ2v) is 6.43. The van der Waals surface area contributed by atoms with Crippen LogP contribution in [0, 0.1) is 17.6 Å². The molecule has 0 heterocycles. The molecule has 1 rings (SSSR count). The van der Waals surface area contributed by atoms with Crippen molar-refractivity contribution in [1.29, 1.82) is 0 Å². The standard InChI is InChI=1S/C15H21F2NO2S/c1-10(2)7-11(19)9-18-15(20)5-6-21-12-3-4-13(16)14(17)8-12/h3-4,8,10-11,19H,5-7,9H2,1-2H3,(H,18,20). The minimum atomic E-state index is -0.888. The molecule has 2 N–H and O–H groups in total. The van der Waals surface area contributed by atoms with Crippen LogP contribution in [0.2, 0.25) is 0 Å². The van der Waals surface area contributed by atoms with Crippen LogP contribution in [0.5, 0.6) is 0 Å². The van der Waals surface area contributed by atoms with E-state index < -0.39 is 17.7 Å². The minimum Gasteiger partial charge on any atom is -0.391 e. The van der Waals surface area contributed by atoms with E-state index in [-0.39, 0.29) is 18.9 Å². The lowest BCUT2D eigenvalue weighted by Crippen LogP contribution is -2.32. The molecule has 0 aliphatic carbocycles. The zero-order valence-electron chi connectivity index (χ0n) is 12.2. The van der Waals surface area contributed by atoms with Crippen LogP contribution in [0.3, 0.4) is 0 Å². The Morgan fingerprint density at radius 3 is 2.67 bits per heavy atom. The number of carbonyl (C=O) groups is 1. The first-order chi connectivity index (χ1) is 9.88. The number of carbonyl (C=O) groups excluding carboxylic acids is 1. The van der Waals surface area contributed by atoms with Crippen LogP contribution < -0.4 is 5.32 Å². The Morgan fingerprint density at radius 1 is 1.33 bits per heavy atom. The number of hydrogen-bond acceptors (Lipinski definition) is 3. The quantitative estimate of drug-likeness (QED) is 0.725. The van der Waals surface area contributed by atoms with Gasteiger partial charge in [-0.05, 0) is 30.5 Å². The molecule has 0 radical (unpaired) electrons. The molecule has 6 heteroatoms. The number of aliphatic hydroxyl groups is 1. The van der Waals surface area contributed by atoms with Crippen molar-refractivity contribution in [3.05, 3.63) is 29.8 Å². The second kappa shape index (κ2) is 9.00. The van der Waals surface area contributed by atoms with Crippen molar-refractivity contribution in [3.63, 3.8) is 0 Å². The Bertz CT molecular complexity index is 469. The first kappa shape index (κ1) is 17.9. The van der Waals surface area contributed by atoms with Crippen LogP contribution in [0.25, 0.3) is 0 Å². The van der Waals surface area contributed by atoms with Crippen molar-refractivity contribution < 1.29 is 18.7 Å². The molecular weight excluding hydrogens is 296 g/mol. The van der Waals surface area contributed by atoms with Gasteiger partial charge in [-0.2, -0.15) is 0 Å². The maximum Gasteiger partial charge on any atom is 0.220 e. The monoisotopic (exact) mass is 317 g/mol. The summed E-state index contributed by atoms with van der Waals surface area (Å²) in [4.78, 5) is 12.2. The summed E-state index contributed by atoms with van der Waals surface area (Å²) < 4.78 is 25.7. The van der Waals surface area contributed by atoms with Gasteiger partial charge in [-0.3, -0.25) is 4.79 Å². The van der Waals surface area contributed by atoms with Crippen LogP contribution in [0.4, 0.5) is 8.78 Å². The highest BCUT2D eigenvalue weighted by Gasteiger charge is 2.09. The Kier molecular flexibility index (Phi) is 7.67. The van der Waals surface area contributed by atoms with Gasteiger partial charge in [0.1, 0.15) is 0 Å². The van der Waals surface area contributed by atoms with Crippen LogP contribution in [0.1, 0.15) is 26.7 Å². The maximum absolute atomic E-state index is 13.0. The molecule has 0 spiro atoms. The highest BCUT2D eigenvalue weighted by Crippen LogP contribution is 2.20. The smallest absolute Gasteiger partial charge is 0.220 e. The molecule has 1 aromatic carbocycles. The minimum absolute atomic E-state index is 0.159. The van der Waals surface area contributed by atoms with E-state index in [0.29, 0.717) is 23.0 Å². The Morgan fingerprint density at radius 2 is 2.05 bits per heavy atom. The van der Waals surface area contributed by atoms with E-state index in [1.54, 1.807) is 0 Å². The predicted molar refractivity (Wildman–Crippen MR) is 80.2 cm³/mol. The van der Waals surface area contributed by atoms with E-state index in [2.05, 4.69) is 5.32 Å². The van der Waals surface area contributed by atoms with Gasteiger partial charge in [0.05, 0.1) is 6.10 Å². The molecule has 1 aromatic rings. The maximum atomic E-state index is 13.0. The summed E-state index contributed by atoms with van der Waals surface area (Å²) in [5.41, 5.74) is 0. The molecule has 1 unspecified atom stereocenters. The van der Waals surface area contributed by atoms with Gasteiger partial charge in [-0.25, -0.2) is 8.78 Å². The van der Waals surface area contributed by atoms with E-state index in [1.165, 1.54) is 17.8 Å². The molecule has 0 aliphatic rings. The normalized spacial score (nSPS) is 12.5. The van der Waals surface area contributed by atoms with E-state index in [4.69, 9.17) is 0 Å². The summed E-state index contributed by atoms with van der Waals surface area (Å²) in [6.45, 7) is 4.25.